The van der Waals surface area contributed by atoms with Crippen LogP contribution in [0.4, 0.5) is 0 Å². The van der Waals surface area contributed by atoms with Gasteiger partial charge in [0.2, 0.25) is 5.16 Å². The van der Waals surface area contributed by atoms with Crippen LogP contribution in [0.1, 0.15) is 5.56 Å². The minimum absolute atomic E-state index is 0.141. The number of aromatic nitrogens is 4. The van der Waals surface area contributed by atoms with E-state index in [0.29, 0.717) is 20.8 Å². The van der Waals surface area contributed by atoms with Gasteiger partial charge in [0.15, 0.2) is 0 Å². The van der Waals surface area contributed by atoms with Gasteiger partial charge in [-0.15, -0.1) is 5.10 Å². The molecule has 1 amide bonds. The molecule has 0 spiro atoms. The van der Waals surface area contributed by atoms with Crippen LogP contribution in [0.25, 0.3) is 0 Å². The van der Waals surface area contributed by atoms with E-state index in [2.05, 4.69) is 26.1 Å². The number of nitrogens with zero attached hydrogens (tertiary/aromatic N) is 5. The van der Waals surface area contributed by atoms with Gasteiger partial charge in [0, 0.05) is 12.6 Å². The summed E-state index contributed by atoms with van der Waals surface area (Å²) in [6.07, 6.45) is 1.40. The molecular weight excluding hydrogens is 335 g/mol. The van der Waals surface area contributed by atoms with Crippen molar-refractivity contribution in [2.75, 3.05) is 5.75 Å². The first kappa shape index (κ1) is 15.7. The van der Waals surface area contributed by atoms with Gasteiger partial charge in [-0.25, -0.2) is 10.1 Å². The number of hydrazone groups is 1. The molecule has 0 aliphatic rings. The van der Waals surface area contributed by atoms with Crippen molar-refractivity contribution in [3.8, 4) is 0 Å². The largest absolute Gasteiger partial charge is 0.272 e. The van der Waals surface area contributed by atoms with E-state index in [4.69, 9.17) is 23.2 Å². The van der Waals surface area contributed by atoms with Crippen molar-refractivity contribution in [1.29, 1.82) is 0 Å². The molecule has 7 nitrogen and oxygen atoms in total. The monoisotopic (exact) mass is 344 g/mol. The van der Waals surface area contributed by atoms with Gasteiger partial charge in [-0.05, 0) is 22.6 Å². The molecule has 0 unspecified atom stereocenters. The summed E-state index contributed by atoms with van der Waals surface area (Å²) in [6.45, 7) is 0. The molecule has 2 aromatic rings. The van der Waals surface area contributed by atoms with Gasteiger partial charge in [0.25, 0.3) is 5.91 Å². The van der Waals surface area contributed by atoms with Crippen LogP contribution in [0.5, 0.6) is 0 Å². The first-order chi connectivity index (χ1) is 10.1. The summed E-state index contributed by atoms with van der Waals surface area (Å²) in [4.78, 5) is 11.6. The fourth-order valence-electron chi connectivity index (χ4n) is 1.31. The van der Waals surface area contributed by atoms with Crippen LogP contribution in [0.2, 0.25) is 10.0 Å². The Kier molecular flexibility index (Phi) is 5.54. The Bertz CT molecular complexity index is 654. The summed E-state index contributed by atoms with van der Waals surface area (Å²) in [7, 11) is 1.69. The smallest absolute Gasteiger partial charge is 0.250 e. The molecule has 0 saturated carbocycles. The molecule has 1 aromatic carbocycles. The maximum absolute atomic E-state index is 11.6. The minimum atomic E-state index is -0.289. The van der Waals surface area contributed by atoms with Crippen LogP contribution in [0.3, 0.4) is 0 Å². The lowest BCUT2D eigenvalue weighted by atomic mass is 10.2. The first-order valence-corrected chi connectivity index (χ1v) is 7.43. The van der Waals surface area contributed by atoms with Crippen LogP contribution in [-0.4, -0.2) is 38.1 Å². The van der Waals surface area contributed by atoms with E-state index in [1.807, 2.05) is 0 Å². The highest BCUT2D eigenvalue weighted by Crippen LogP contribution is 2.22. The zero-order valence-electron chi connectivity index (χ0n) is 10.8. The van der Waals surface area contributed by atoms with Crippen LogP contribution < -0.4 is 5.43 Å². The topological polar surface area (TPSA) is 85.1 Å². The molecule has 0 bridgehead atoms. The van der Waals surface area contributed by atoms with Crippen molar-refractivity contribution in [3.05, 3.63) is 33.8 Å². The molecule has 0 aliphatic carbocycles. The molecule has 0 atom stereocenters. The molecule has 1 N–H and O–H groups in total. The second-order valence-corrected chi connectivity index (χ2v) is 5.56. The van der Waals surface area contributed by atoms with Crippen molar-refractivity contribution in [2.24, 2.45) is 12.1 Å². The predicted molar refractivity (Wildman–Crippen MR) is 81.7 cm³/mol. The Balaban J connectivity index is 1.86. The first-order valence-electron chi connectivity index (χ1n) is 5.69. The number of hydrogen-bond acceptors (Lipinski definition) is 6. The van der Waals surface area contributed by atoms with E-state index in [9.17, 15) is 4.79 Å². The number of carbonyl (C=O) groups is 1. The highest BCUT2D eigenvalue weighted by molar-refractivity contribution is 7.99. The van der Waals surface area contributed by atoms with Crippen molar-refractivity contribution in [1.82, 2.24) is 25.6 Å². The van der Waals surface area contributed by atoms with E-state index >= 15 is 0 Å². The summed E-state index contributed by atoms with van der Waals surface area (Å²) in [5.41, 5.74) is 2.93. The number of amides is 1. The minimum Gasteiger partial charge on any atom is -0.272 e. The Morgan fingerprint density at radius 1 is 1.48 bits per heavy atom. The lowest BCUT2D eigenvalue weighted by Gasteiger charge is -2.01. The number of hydrogen-bond donors (Lipinski definition) is 1. The molecular formula is C11H10Cl2N6OS. The average molecular weight is 345 g/mol. The number of nitrogens with one attached hydrogen (secondary N) is 1. The number of thioether (sulfide) groups is 1. The number of rotatable bonds is 5. The summed E-state index contributed by atoms with van der Waals surface area (Å²) < 4.78 is 1.48. The van der Waals surface area contributed by atoms with Gasteiger partial charge in [0.1, 0.15) is 0 Å². The van der Waals surface area contributed by atoms with E-state index in [0.717, 1.165) is 0 Å². The molecule has 21 heavy (non-hydrogen) atoms. The molecule has 1 heterocycles. The van der Waals surface area contributed by atoms with Crippen molar-refractivity contribution < 1.29 is 4.79 Å². The Hall–Kier alpha value is -1.64. The zero-order chi connectivity index (χ0) is 15.2. The highest BCUT2D eigenvalue weighted by atomic mass is 35.5. The molecule has 1 aromatic heterocycles. The molecule has 110 valence electrons. The van der Waals surface area contributed by atoms with Crippen LogP contribution in [-0.2, 0) is 11.8 Å². The second kappa shape index (κ2) is 7.39. The van der Waals surface area contributed by atoms with E-state index < -0.39 is 0 Å². The van der Waals surface area contributed by atoms with Gasteiger partial charge in [0.05, 0.1) is 22.0 Å². The fraction of sp³-hybridized carbons (Fsp3) is 0.182. The summed E-state index contributed by atoms with van der Waals surface area (Å²) in [5, 5.41) is 16.2. The third-order valence-corrected chi connectivity index (χ3v) is 3.97. The fourth-order valence-corrected chi connectivity index (χ4v) is 2.45. The van der Waals surface area contributed by atoms with Crippen LogP contribution in [0, 0.1) is 0 Å². The van der Waals surface area contributed by atoms with E-state index in [1.54, 1.807) is 25.2 Å². The Morgan fingerprint density at radius 2 is 2.19 bits per heavy atom. The Morgan fingerprint density at radius 3 is 2.81 bits per heavy atom. The summed E-state index contributed by atoms with van der Waals surface area (Å²) in [6, 6.07) is 5.10. The quantitative estimate of drug-likeness (QED) is 0.507. The van der Waals surface area contributed by atoms with E-state index in [-0.39, 0.29) is 11.7 Å². The van der Waals surface area contributed by atoms with Crippen molar-refractivity contribution >= 4 is 47.1 Å². The molecule has 0 radical (unpaired) electrons. The highest BCUT2D eigenvalue weighted by Gasteiger charge is 2.07. The van der Waals surface area contributed by atoms with Crippen LogP contribution in [0.15, 0.2) is 28.5 Å². The van der Waals surface area contributed by atoms with Gasteiger partial charge in [-0.1, -0.05) is 41.0 Å². The average Bonchev–Trinajstić information content (AvgIpc) is 2.85. The second-order valence-electron chi connectivity index (χ2n) is 3.80. The number of halogens is 2. The van der Waals surface area contributed by atoms with Crippen molar-refractivity contribution in [3.63, 3.8) is 0 Å². The van der Waals surface area contributed by atoms with Crippen LogP contribution >= 0.6 is 35.0 Å². The lowest BCUT2D eigenvalue weighted by Crippen LogP contribution is -2.20. The molecule has 0 aliphatic heterocycles. The summed E-state index contributed by atoms with van der Waals surface area (Å²) in [5.74, 6) is -0.149. The van der Waals surface area contributed by atoms with Gasteiger partial charge < -0.3 is 0 Å². The van der Waals surface area contributed by atoms with Crippen molar-refractivity contribution in [2.45, 2.75) is 5.16 Å². The van der Waals surface area contributed by atoms with Gasteiger partial charge in [-0.2, -0.15) is 5.10 Å². The Labute approximate surface area is 134 Å². The molecule has 0 fully saturated rings. The number of benzene rings is 1. The number of carbonyl (C=O) groups excluding carboxylic acids is 1. The predicted octanol–water partition coefficient (Wildman–Crippen LogP) is 1.76. The normalized spacial score (nSPS) is 11.0. The summed E-state index contributed by atoms with van der Waals surface area (Å²) >= 11 is 13.2. The van der Waals surface area contributed by atoms with Gasteiger partial charge >= 0.3 is 0 Å². The molecule has 2 rings (SSSR count). The van der Waals surface area contributed by atoms with E-state index in [1.165, 1.54) is 22.7 Å². The number of aryl methyl sites for hydroxylation is 1. The maximum atomic E-state index is 11.6. The SMILES string of the molecule is Cn1nnnc1SCC(=O)N/N=C/c1c(Cl)cccc1Cl. The third kappa shape index (κ3) is 4.42. The standard InChI is InChI=1S/C11H10Cl2N6OS/c1-19-11(16-17-18-19)21-6-10(20)15-14-5-7-8(12)3-2-4-9(7)13/h2-5H,6H2,1H3,(H,15,20)/b14-5+. The maximum Gasteiger partial charge on any atom is 0.250 e. The zero-order valence-corrected chi connectivity index (χ0v) is 13.2. The third-order valence-electron chi connectivity index (χ3n) is 2.30. The lowest BCUT2D eigenvalue weighted by molar-refractivity contribution is -0.118. The van der Waals surface area contributed by atoms with Gasteiger partial charge in [-0.3, -0.25) is 4.79 Å². The molecule has 10 heteroatoms. The number of tetrazole rings is 1. The molecule has 0 saturated heterocycles.